The van der Waals surface area contributed by atoms with E-state index in [-0.39, 0.29) is 23.3 Å². The lowest BCUT2D eigenvalue weighted by atomic mass is 10.1. The van der Waals surface area contributed by atoms with E-state index < -0.39 is 17.5 Å². The number of anilines is 4. The molecular formula is C16H13F2N5O2. The number of nitrogens with two attached hydrogens (primary N) is 1. The second-order valence-electron chi connectivity index (χ2n) is 5.16. The predicted octanol–water partition coefficient (Wildman–Crippen LogP) is 3.23. The van der Waals surface area contributed by atoms with Gasteiger partial charge in [0.15, 0.2) is 5.82 Å². The van der Waals surface area contributed by atoms with Crippen LogP contribution in [0.4, 0.5) is 31.9 Å². The Balaban J connectivity index is 1.75. The Kier molecular flexibility index (Phi) is 4.29. The summed E-state index contributed by atoms with van der Waals surface area (Å²) in [5.74, 6) is -2.23. The monoisotopic (exact) mass is 345 g/mol. The van der Waals surface area contributed by atoms with Crippen LogP contribution in [0.25, 0.3) is 0 Å². The Hall–Kier alpha value is -3.49. The zero-order valence-electron chi connectivity index (χ0n) is 13.0. The molecule has 4 N–H and O–H groups in total. The first kappa shape index (κ1) is 16.4. The van der Waals surface area contributed by atoms with Crippen LogP contribution in [-0.4, -0.2) is 16.1 Å². The molecule has 0 unspecified atom stereocenters. The Morgan fingerprint density at radius 2 is 1.84 bits per heavy atom. The molecule has 1 aromatic heterocycles. The number of rotatable bonds is 4. The number of benzene rings is 2. The van der Waals surface area contributed by atoms with Gasteiger partial charge in [0.2, 0.25) is 0 Å². The average molecular weight is 345 g/mol. The summed E-state index contributed by atoms with van der Waals surface area (Å²) in [4.78, 5) is 12.1. The van der Waals surface area contributed by atoms with E-state index in [9.17, 15) is 13.6 Å². The molecule has 0 aliphatic rings. The Morgan fingerprint density at radius 1 is 1.12 bits per heavy atom. The second-order valence-corrected chi connectivity index (χ2v) is 5.16. The molecule has 0 saturated heterocycles. The lowest BCUT2D eigenvalue weighted by molar-refractivity contribution is 0.0990. The number of aryl methyl sites for hydroxylation is 1. The molecule has 3 aromatic rings. The van der Waals surface area contributed by atoms with E-state index in [0.717, 1.165) is 0 Å². The molecule has 7 nitrogen and oxygen atoms in total. The number of aromatic nitrogens is 2. The third kappa shape index (κ3) is 3.55. The van der Waals surface area contributed by atoms with Crippen molar-refractivity contribution in [3.63, 3.8) is 0 Å². The number of carbonyl (C=O) groups excluding carboxylic acids is 1. The lowest BCUT2D eigenvalue weighted by Crippen LogP contribution is -2.15. The fraction of sp³-hybridized carbons (Fsp3) is 0.0625. The van der Waals surface area contributed by atoms with Gasteiger partial charge in [-0.2, -0.15) is 0 Å². The summed E-state index contributed by atoms with van der Waals surface area (Å²) in [6, 6.07) is 8.31. The first-order valence-electron chi connectivity index (χ1n) is 7.16. The van der Waals surface area contributed by atoms with Crippen LogP contribution < -0.4 is 16.4 Å². The summed E-state index contributed by atoms with van der Waals surface area (Å²) < 4.78 is 32.1. The quantitative estimate of drug-likeness (QED) is 0.627. The maximum Gasteiger partial charge on any atom is 0.320 e. The molecule has 25 heavy (non-hydrogen) atoms. The van der Waals surface area contributed by atoms with Gasteiger partial charge in [0, 0.05) is 5.69 Å². The minimum atomic E-state index is -0.809. The predicted molar refractivity (Wildman–Crippen MR) is 87.5 cm³/mol. The third-order valence-electron chi connectivity index (χ3n) is 3.32. The third-order valence-corrected chi connectivity index (χ3v) is 3.32. The van der Waals surface area contributed by atoms with Crippen LogP contribution in [0, 0.1) is 18.6 Å². The van der Waals surface area contributed by atoms with Crippen molar-refractivity contribution >= 4 is 29.0 Å². The summed E-state index contributed by atoms with van der Waals surface area (Å²) in [5.41, 5.74) is 6.40. The SMILES string of the molecule is Cc1ccc(N)c(NC(=O)c2nnc(Nc3ccc(F)cc3)o2)c1F. The van der Waals surface area contributed by atoms with E-state index in [1.807, 2.05) is 0 Å². The van der Waals surface area contributed by atoms with Crippen molar-refractivity contribution in [2.45, 2.75) is 6.92 Å². The highest BCUT2D eigenvalue weighted by atomic mass is 19.1. The van der Waals surface area contributed by atoms with Gasteiger partial charge >= 0.3 is 17.8 Å². The van der Waals surface area contributed by atoms with E-state index >= 15 is 0 Å². The van der Waals surface area contributed by atoms with Crippen molar-refractivity contribution in [3.05, 3.63) is 59.5 Å². The minimum Gasteiger partial charge on any atom is -0.399 e. The van der Waals surface area contributed by atoms with Crippen LogP contribution in [0.1, 0.15) is 16.2 Å². The molecule has 0 radical (unpaired) electrons. The molecule has 0 aliphatic heterocycles. The molecule has 1 heterocycles. The second kappa shape index (κ2) is 6.56. The Morgan fingerprint density at radius 3 is 2.56 bits per heavy atom. The van der Waals surface area contributed by atoms with Crippen molar-refractivity contribution in [3.8, 4) is 0 Å². The Labute approximate surface area is 140 Å². The van der Waals surface area contributed by atoms with Crippen molar-refractivity contribution < 1.29 is 18.0 Å². The molecule has 0 bridgehead atoms. The molecule has 0 aliphatic carbocycles. The highest BCUT2D eigenvalue weighted by Crippen LogP contribution is 2.25. The highest BCUT2D eigenvalue weighted by molar-refractivity contribution is 6.02. The standard InChI is InChI=1S/C16H13F2N5O2/c1-8-2-7-11(19)13(12(8)18)21-14(24)15-22-23-16(25-15)20-10-5-3-9(17)4-6-10/h2-7H,19H2,1H3,(H,20,23)(H,21,24). The van der Waals surface area contributed by atoms with E-state index in [1.165, 1.54) is 36.4 Å². The molecule has 0 atom stereocenters. The molecule has 9 heteroatoms. The number of hydrogen-bond donors (Lipinski definition) is 3. The average Bonchev–Trinajstić information content (AvgIpc) is 3.06. The summed E-state index contributed by atoms with van der Waals surface area (Å²) >= 11 is 0. The van der Waals surface area contributed by atoms with Gasteiger partial charge in [0.1, 0.15) is 11.5 Å². The van der Waals surface area contributed by atoms with Gasteiger partial charge in [0.25, 0.3) is 0 Å². The van der Waals surface area contributed by atoms with Gasteiger partial charge < -0.3 is 20.8 Å². The zero-order chi connectivity index (χ0) is 18.0. The number of nitrogens with zero attached hydrogens (tertiary/aromatic N) is 2. The van der Waals surface area contributed by atoms with Gasteiger partial charge in [-0.3, -0.25) is 4.79 Å². The van der Waals surface area contributed by atoms with Crippen LogP contribution >= 0.6 is 0 Å². The van der Waals surface area contributed by atoms with Crippen LogP contribution in [0.2, 0.25) is 0 Å². The molecule has 1 amide bonds. The molecule has 0 saturated carbocycles. The smallest absolute Gasteiger partial charge is 0.320 e. The first-order chi connectivity index (χ1) is 11.9. The van der Waals surface area contributed by atoms with Crippen molar-refractivity contribution in [1.82, 2.24) is 10.2 Å². The van der Waals surface area contributed by atoms with Crippen LogP contribution in [0.15, 0.2) is 40.8 Å². The van der Waals surface area contributed by atoms with E-state index in [1.54, 1.807) is 6.92 Å². The Bertz CT molecular complexity index is 925. The molecule has 0 spiro atoms. The van der Waals surface area contributed by atoms with Gasteiger partial charge in [0.05, 0.1) is 5.69 Å². The summed E-state index contributed by atoms with van der Waals surface area (Å²) in [6.45, 7) is 1.54. The molecular weight excluding hydrogens is 332 g/mol. The summed E-state index contributed by atoms with van der Waals surface area (Å²) in [5, 5.41) is 12.3. The van der Waals surface area contributed by atoms with Crippen LogP contribution in [0.5, 0.6) is 0 Å². The molecule has 3 rings (SSSR count). The number of nitrogen functional groups attached to an aromatic ring is 1. The maximum absolute atomic E-state index is 14.1. The van der Waals surface area contributed by atoms with E-state index in [2.05, 4.69) is 20.8 Å². The number of nitrogens with one attached hydrogen (secondary N) is 2. The van der Waals surface area contributed by atoms with Crippen LogP contribution in [-0.2, 0) is 0 Å². The number of amides is 1. The van der Waals surface area contributed by atoms with Gasteiger partial charge in [-0.25, -0.2) is 8.78 Å². The number of hydrogen-bond acceptors (Lipinski definition) is 6. The van der Waals surface area contributed by atoms with E-state index in [0.29, 0.717) is 11.3 Å². The van der Waals surface area contributed by atoms with Crippen molar-refractivity contribution in [1.29, 1.82) is 0 Å². The van der Waals surface area contributed by atoms with Crippen LogP contribution in [0.3, 0.4) is 0 Å². The lowest BCUT2D eigenvalue weighted by Gasteiger charge is -2.09. The molecule has 0 fully saturated rings. The maximum atomic E-state index is 14.1. The van der Waals surface area contributed by atoms with Gasteiger partial charge in [-0.15, -0.1) is 5.10 Å². The summed E-state index contributed by atoms with van der Waals surface area (Å²) in [7, 11) is 0. The first-order valence-corrected chi connectivity index (χ1v) is 7.16. The van der Waals surface area contributed by atoms with Crippen molar-refractivity contribution in [2.24, 2.45) is 0 Å². The van der Waals surface area contributed by atoms with Gasteiger partial charge in [-0.1, -0.05) is 11.2 Å². The number of carbonyl (C=O) groups is 1. The molecule has 128 valence electrons. The number of halogens is 2. The molecule has 2 aromatic carbocycles. The fourth-order valence-corrected chi connectivity index (χ4v) is 2.01. The van der Waals surface area contributed by atoms with E-state index in [4.69, 9.17) is 10.2 Å². The highest BCUT2D eigenvalue weighted by Gasteiger charge is 2.19. The van der Waals surface area contributed by atoms with Crippen molar-refractivity contribution in [2.75, 3.05) is 16.4 Å². The topological polar surface area (TPSA) is 106 Å². The zero-order valence-corrected chi connectivity index (χ0v) is 13.0. The largest absolute Gasteiger partial charge is 0.399 e. The summed E-state index contributed by atoms with van der Waals surface area (Å²) in [6.07, 6.45) is 0. The van der Waals surface area contributed by atoms with Gasteiger partial charge in [-0.05, 0) is 42.8 Å². The normalized spacial score (nSPS) is 10.5. The minimum absolute atomic E-state index is 0.0700. The fourth-order valence-electron chi connectivity index (χ4n) is 2.01.